The van der Waals surface area contributed by atoms with Crippen LogP contribution in [0.2, 0.25) is 0 Å². The average molecular weight is 268 g/mol. The number of likely N-dealkylation sites (tertiary alicyclic amines) is 1. The molecule has 0 aliphatic carbocycles. The third-order valence-electron chi connectivity index (χ3n) is 3.94. The van der Waals surface area contributed by atoms with E-state index in [2.05, 4.69) is 12.2 Å². The van der Waals surface area contributed by atoms with Crippen molar-refractivity contribution in [1.82, 2.24) is 10.2 Å². The molecule has 0 saturated carbocycles. The second-order valence-electron chi connectivity index (χ2n) is 5.74. The molecule has 0 atom stereocenters. The summed E-state index contributed by atoms with van der Waals surface area (Å²) in [6.07, 6.45) is 13.0. The molecule has 112 valence electrons. The van der Waals surface area contributed by atoms with Crippen LogP contribution in [0.1, 0.15) is 71.1 Å². The maximum absolute atomic E-state index is 11.9. The van der Waals surface area contributed by atoms with Gasteiger partial charge >= 0.3 is 0 Å². The summed E-state index contributed by atoms with van der Waals surface area (Å²) in [4.78, 5) is 13.9. The van der Waals surface area contributed by atoms with Crippen LogP contribution >= 0.6 is 0 Å². The third kappa shape index (κ3) is 8.25. The van der Waals surface area contributed by atoms with Crippen molar-refractivity contribution in [2.45, 2.75) is 71.1 Å². The number of nitrogens with zero attached hydrogens (tertiary/aromatic N) is 1. The van der Waals surface area contributed by atoms with Gasteiger partial charge in [-0.05, 0) is 32.2 Å². The van der Waals surface area contributed by atoms with E-state index in [0.29, 0.717) is 12.5 Å². The Morgan fingerprint density at radius 2 is 1.58 bits per heavy atom. The predicted octanol–water partition coefficient (Wildman–Crippen LogP) is 3.34. The van der Waals surface area contributed by atoms with Crippen molar-refractivity contribution in [2.24, 2.45) is 0 Å². The van der Waals surface area contributed by atoms with Gasteiger partial charge in [-0.1, -0.05) is 45.4 Å². The molecule has 19 heavy (non-hydrogen) atoms. The molecule has 0 aromatic carbocycles. The first kappa shape index (κ1) is 16.5. The van der Waals surface area contributed by atoms with E-state index in [0.717, 1.165) is 19.6 Å². The monoisotopic (exact) mass is 268 g/mol. The van der Waals surface area contributed by atoms with E-state index in [1.54, 1.807) is 0 Å². The van der Waals surface area contributed by atoms with E-state index in [1.807, 2.05) is 4.90 Å². The Labute approximate surface area is 119 Å². The summed E-state index contributed by atoms with van der Waals surface area (Å²) < 4.78 is 0. The number of piperidine rings is 1. The van der Waals surface area contributed by atoms with Gasteiger partial charge in [0, 0.05) is 13.1 Å². The number of rotatable bonds is 10. The van der Waals surface area contributed by atoms with Gasteiger partial charge in [0.1, 0.15) is 0 Å². The van der Waals surface area contributed by atoms with Gasteiger partial charge in [-0.25, -0.2) is 0 Å². The Morgan fingerprint density at radius 1 is 0.947 bits per heavy atom. The Morgan fingerprint density at radius 3 is 2.26 bits per heavy atom. The van der Waals surface area contributed by atoms with E-state index in [-0.39, 0.29) is 0 Å². The second kappa shape index (κ2) is 11.3. The molecule has 1 amide bonds. The lowest BCUT2D eigenvalue weighted by Gasteiger charge is -2.26. The summed E-state index contributed by atoms with van der Waals surface area (Å²) in [5.41, 5.74) is 0. The van der Waals surface area contributed by atoms with Crippen LogP contribution < -0.4 is 5.32 Å². The molecule has 1 fully saturated rings. The Balaban J connectivity index is 1.86. The van der Waals surface area contributed by atoms with Crippen LogP contribution in [0.4, 0.5) is 0 Å². The normalized spacial score (nSPS) is 15.7. The molecule has 3 nitrogen and oxygen atoms in total. The van der Waals surface area contributed by atoms with Crippen molar-refractivity contribution in [1.29, 1.82) is 0 Å². The van der Waals surface area contributed by atoms with Crippen molar-refractivity contribution in [3.05, 3.63) is 0 Å². The molecule has 0 radical (unpaired) electrons. The largest absolute Gasteiger partial charge is 0.342 e. The molecule has 1 saturated heterocycles. The van der Waals surface area contributed by atoms with Crippen LogP contribution in [0.5, 0.6) is 0 Å². The summed E-state index contributed by atoms with van der Waals surface area (Å²) in [6.45, 7) is 5.72. The fourth-order valence-electron chi connectivity index (χ4n) is 2.66. The number of hydrogen-bond acceptors (Lipinski definition) is 2. The quantitative estimate of drug-likeness (QED) is 0.616. The van der Waals surface area contributed by atoms with Crippen LogP contribution in [-0.2, 0) is 4.79 Å². The standard InChI is InChI=1S/C16H32N2O/c1-2-3-4-5-6-7-9-12-17-15-16(19)18-13-10-8-11-14-18/h17H,2-15H2,1H3. The van der Waals surface area contributed by atoms with E-state index < -0.39 is 0 Å². The fourth-order valence-corrected chi connectivity index (χ4v) is 2.66. The number of nitrogens with one attached hydrogen (secondary N) is 1. The van der Waals surface area contributed by atoms with Crippen LogP contribution in [0.3, 0.4) is 0 Å². The first-order chi connectivity index (χ1) is 9.34. The Hall–Kier alpha value is -0.570. The van der Waals surface area contributed by atoms with E-state index in [9.17, 15) is 4.79 Å². The van der Waals surface area contributed by atoms with Crippen molar-refractivity contribution >= 4 is 5.91 Å². The van der Waals surface area contributed by atoms with Crippen molar-refractivity contribution in [2.75, 3.05) is 26.2 Å². The summed E-state index contributed by atoms with van der Waals surface area (Å²) >= 11 is 0. The van der Waals surface area contributed by atoms with Gasteiger partial charge in [0.15, 0.2) is 0 Å². The highest BCUT2D eigenvalue weighted by Crippen LogP contribution is 2.08. The molecule has 0 unspecified atom stereocenters. The van der Waals surface area contributed by atoms with E-state index in [1.165, 1.54) is 64.2 Å². The minimum absolute atomic E-state index is 0.294. The van der Waals surface area contributed by atoms with Crippen molar-refractivity contribution in [3.63, 3.8) is 0 Å². The molecular formula is C16H32N2O. The van der Waals surface area contributed by atoms with Gasteiger partial charge in [-0.3, -0.25) is 4.79 Å². The lowest BCUT2D eigenvalue weighted by Crippen LogP contribution is -2.41. The zero-order chi connectivity index (χ0) is 13.8. The Kier molecular flexibility index (Phi) is 9.78. The second-order valence-corrected chi connectivity index (χ2v) is 5.74. The molecule has 0 bridgehead atoms. The van der Waals surface area contributed by atoms with Crippen LogP contribution in [0.15, 0.2) is 0 Å². The maximum atomic E-state index is 11.9. The zero-order valence-corrected chi connectivity index (χ0v) is 12.8. The van der Waals surface area contributed by atoms with Gasteiger partial charge in [-0.2, -0.15) is 0 Å². The first-order valence-electron chi connectivity index (χ1n) is 8.33. The summed E-state index contributed by atoms with van der Waals surface area (Å²) in [5.74, 6) is 0.294. The van der Waals surface area contributed by atoms with Crippen LogP contribution in [0, 0.1) is 0 Å². The average Bonchev–Trinajstić information content (AvgIpc) is 2.46. The molecule has 1 N–H and O–H groups in total. The number of hydrogen-bond donors (Lipinski definition) is 1. The number of unbranched alkanes of at least 4 members (excludes halogenated alkanes) is 6. The minimum atomic E-state index is 0.294. The van der Waals surface area contributed by atoms with E-state index >= 15 is 0 Å². The number of amides is 1. The highest BCUT2D eigenvalue weighted by molar-refractivity contribution is 5.78. The first-order valence-corrected chi connectivity index (χ1v) is 8.33. The van der Waals surface area contributed by atoms with Gasteiger partial charge < -0.3 is 10.2 Å². The molecule has 1 aliphatic rings. The van der Waals surface area contributed by atoms with Crippen LogP contribution in [-0.4, -0.2) is 37.0 Å². The summed E-state index contributed by atoms with van der Waals surface area (Å²) in [6, 6.07) is 0. The molecule has 1 rings (SSSR count). The highest BCUT2D eigenvalue weighted by Gasteiger charge is 2.15. The minimum Gasteiger partial charge on any atom is -0.342 e. The molecule has 1 aliphatic heterocycles. The maximum Gasteiger partial charge on any atom is 0.236 e. The highest BCUT2D eigenvalue weighted by atomic mass is 16.2. The topological polar surface area (TPSA) is 32.3 Å². The third-order valence-corrected chi connectivity index (χ3v) is 3.94. The molecule has 3 heteroatoms. The Bertz CT molecular complexity index is 225. The SMILES string of the molecule is CCCCCCCCCNCC(=O)N1CCCCC1. The summed E-state index contributed by atoms with van der Waals surface area (Å²) in [7, 11) is 0. The van der Waals surface area contributed by atoms with Gasteiger partial charge in [0.25, 0.3) is 0 Å². The summed E-state index contributed by atoms with van der Waals surface area (Å²) in [5, 5.41) is 3.29. The van der Waals surface area contributed by atoms with Gasteiger partial charge in [0.2, 0.25) is 5.91 Å². The van der Waals surface area contributed by atoms with Crippen molar-refractivity contribution < 1.29 is 4.79 Å². The smallest absolute Gasteiger partial charge is 0.236 e. The lowest BCUT2D eigenvalue weighted by molar-refractivity contribution is -0.131. The zero-order valence-electron chi connectivity index (χ0n) is 12.8. The molecule has 0 aromatic rings. The molecule has 0 aromatic heterocycles. The van der Waals surface area contributed by atoms with E-state index in [4.69, 9.17) is 0 Å². The fraction of sp³-hybridized carbons (Fsp3) is 0.938. The molecule has 1 heterocycles. The predicted molar refractivity (Wildman–Crippen MR) is 81.3 cm³/mol. The number of carbonyl (C=O) groups excluding carboxylic acids is 1. The van der Waals surface area contributed by atoms with Gasteiger partial charge in [0.05, 0.1) is 6.54 Å². The number of carbonyl (C=O) groups is 1. The van der Waals surface area contributed by atoms with Gasteiger partial charge in [-0.15, -0.1) is 0 Å². The van der Waals surface area contributed by atoms with Crippen molar-refractivity contribution in [3.8, 4) is 0 Å². The lowest BCUT2D eigenvalue weighted by atomic mass is 10.1. The molecule has 0 spiro atoms. The molecular weight excluding hydrogens is 236 g/mol. The van der Waals surface area contributed by atoms with Crippen LogP contribution in [0.25, 0.3) is 0 Å².